The highest BCUT2D eigenvalue weighted by atomic mass is 19.4. The molecule has 13 heteroatoms. The number of nitrogens with zero attached hydrogens (tertiary/aromatic N) is 4. The van der Waals surface area contributed by atoms with Crippen LogP contribution < -0.4 is 5.73 Å². The highest BCUT2D eigenvalue weighted by molar-refractivity contribution is 5.94. The van der Waals surface area contributed by atoms with Gasteiger partial charge in [0.25, 0.3) is 5.91 Å². The summed E-state index contributed by atoms with van der Waals surface area (Å²) in [6.45, 7) is 6.74. The van der Waals surface area contributed by atoms with Gasteiger partial charge in [-0.1, -0.05) is 0 Å². The summed E-state index contributed by atoms with van der Waals surface area (Å²) >= 11 is 0. The van der Waals surface area contributed by atoms with Crippen molar-refractivity contribution < 1.29 is 37.0 Å². The second kappa shape index (κ2) is 10.8. The molecular formula is C24H27F4N5O4. The number of likely N-dealkylation sites (tertiary alicyclic amines) is 1. The number of hydrogen-bond donors (Lipinski definition) is 2. The van der Waals surface area contributed by atoms with Crippen LogP contribution in [-0.2, 0) is 15.7 Å². The molecule has 4 heterocycles. The van der Waals surface area contributed by atoms with E-state index < -0.39 is 29.1 Å². The number of aliphatic hydroxyl groups is 1. The van der Waals surface area contributed by atoms with Crippen LogP contribution in [0, 0.1) is 5.82 Å². The number of halogens is 4. The van der Waals surface area contributed by atoms with Gasteiger partial charge in [-0.2, -0.15) is 13.2 Å². The normalized spacial score (nSPS) is 16.0. The van der Waals surface area contributed by atoms with Crippen LogP contribution in [0.15, 0.2) is 36.8 Å². The number of carbonyl (C=O) groups excluding carboxylic acids is 2. The summed E-state index contributed by atoms with van der Waals surface area (Å²) in [7, 11) is 0. The molecule has 3 aromatic rings. The number of pyridine rings is 2. The maximum Gasteiger partial charge on any atom is 0.417 e. The van der Waals surface area contributed by atoms with Crippen molar-refractivity contribution in [3.63, 3.8) is 0 Å². The van der Waals surface area contributed by atoms with Crippen molar-refractivity contribution in [3.8, 4) is 5.82 Å². The molecule has 0 bridgehead atoms. The summed E-state index contributed by atoms with van der Waals surface area (Å²) < 4.78 is 58.5. The van der Waals surface area contributed by atoms with Gasteiger partial charge < -0.3 is 20.5 Å². The zero-order valence-electron chi connectivity index (χ0n) is 20.4. The Hall–Kier alpha value is -3.58. The van der Waals surface area contributed by atoms with Crippen molar-refractivity contribution in [1.29, 1.82) is 0 Å². The first-order valence-corrected chi connectivity index (χ1v) is 11.3. The highest BCUT2D eigenvalue weighted by Crippen LogP contribution is 2.30. The summed E-state index contributed by atoms with van der Waals surface area (Å²) in [4.78, 5) is 31.3. The third-order valence-corrected chi connectivity index (χ3v) is 5.47. The minimum Gasteiger partial charge on any atom is -0.388 e. The molecule has 0 aliphatic carbocycles. The smallest absolute Gasteiger partial charge is 0.388 e. The number of rotatable bonds is 5. The number of hydrogen-bond acceptors (Lipinski definition) is 6. The lowest BCUT2D eigenvalue weighted by Gasteiger charge is -2.20. The fourth-order valence-corrected chi connectivity index (χ4v) is 3.58. The third-order valence-electron chi connectivity index (χ3n) is 5.47. The van der Waals surface area contributed by atoms with Gasteiger partial charge in [-0.15, -0.1) is 0 Å². The average Bonchev–Trinajstić information content (AvgIpc) is 3.44. The van der Waals surface area contributed by atoms with Crippen LogP contribution in [-0.4, -0.2) is 67.8 Å². The van der Waals surface area contributed by atoms with E-state index in [4.69, 9.17) is 10.5 Å². The maximum atomic E-state index is 14.0. The van der Waals surface area contributed by atoms with E-state index in [0.717, 1.165) is 13.0 Å². The van der Waals surface area contributed by atoms with Crippen LogP contribution in [0.4, 0.5) is 17.6 Å². The zero-order chi connectivity index (χ0) is 27.5. The summed E-state index contributed by atoms with van der Waals surface area (Å²) in [6.07, 6.45) is -0.418. The van der Waals surface area contributed by atoms with Crippen molar-refractivity contribution in [2.45, 2.75) is 45.1 Å². The Balaban J connectivity index is 0.000000233. The van der Waals surface area contributed by atoms with Crippen LogP contribution in [0.1, 0.15) is 43.2 Å². The number of primary amides is 1. The molecule has 1 saturated heterocycles. The SMILES string of the molecule is CC(=O)N1CCC(OCC(C)(C)O)C1.NC(=O)c1cc2c(ccn2-c2ncc(C(F)(F)F)cc2F)cn1. The van der Waals surface area contributed by atoms with Crippen LogP contribution in [0.5, 0.6) is 0 Å². The molecule has 3 N–H and O–H groups in total. The topological polar surface area (TPSA) is 124 Å². The molecule has 0 saturated carbocycles. The van der Waals surface area contributed by atoms with Gasteiger partial charge in [-0.25, -0.2) is 9.37 Å². The second-order valence-electron chi connectivity index (χ2n) is 9.20. The first kappa shape index (κ1) is 28.0. The largest absolute Gasteiger partial charge is 0.417 e. The minimum atomic E-state index is -4.69. The summed E-state index contributed by atoms with van der Waals surface area (Å²) in [5.74, 6) is -2.15. The van der Waals surface area contributed by atoms with E-state index in [0.29, 0.717) is 36.3 Å². The standard InChI is InChI=1S/C14H8F4N4O.C10H19NO3/c15-9-3-8(14(16,17)18)6-21-13(9)22-2-1-7-5-20-10(12(19)23)4-11(7)22;1-8(12)11-5-4-9(6-11)14-7-10(2,3)13/h1-6H,(H2,19,23);9,13H,4-7H2,1-3H3. The van der Waals surface area contributed by atoms with Gasteiger partial charge in [0.1, 0.15) is 5.69 Å². The molecule has 1 fully saturated rings. The van der Waals surface area contributed by atoms with Crippen molar-refractivity contribution in [2.75, 3.05) is 19.7 Å². The summed E-state index contributed by atoms with van der Waals surface area (Å²) in [5, 5.41) is 10.00. The molecule has 2 amide bonds. The molecular weight excluding hydrogens is 498 g/mol. The van der Waals surface area contributed by atoms with Gasteiger partial charge in [-0.05, 0) is 38.5 Å². The molecule has 0 radical (unpaired) electrons. The zero-order valence-corrected chi connectivity index (χ0v) is 20.4. The van der Waals surface area contributed by atoms with Gasteiger partial charge in [0.05, 0.1) is 29.4 Å². The Kier molecular flexibility index (Phi) is 8.18. The molecule has 1 aliphatic heterocycles. The molecule has 1 aliphatic rings. The molecule has 4 rings (SSSR count). The average molecular weight is 526 g/mol. The highest BCUT2D eigenvalue weighted by Gasteiger charge is 2.32. The number of ether oxygens (including phenoxy) is 1. The fraction of sp³-hybridized carbons (Fsp3) is 0.417. The van der Waals surface area contributed by atoms with Crippen LogP contribution >= 0.6 is 0 Å². The Labute approximate surface area is 209 Å². The van der Waals surface area contributed by atoms with Crippen LogP contribution in [0.25, 0.3) is 16.7 Å². The molecule has 9 nitrogen and oxygen atoms in total. The fourth-order valence-electron chi connectivity index (χ4n) is 3.58. The van der Waals surface area contributed by atoms with Crippen LogP contribution in [0.2, 0.25) is 0 Å². The summed E-state index contributed by atoms with van der Waals surface area (Å²) in [6, 6.07) is 3.24. The van der Waals surface area contributed by atoms with Crippen molar-refractivity contribution in [1.82, 2.24) is 19.4 Å². The van der Waals surface area contributed by atoms with Gasteiger partial charge >= 0.3 is 6.18 Å². The van der Waals surface area contributed by atoms with E-state index >= 15 is 0 Å². The summed E-state index contributed by atoms with van der Waals surface area (Å²) in [5.41, 5.74) is 3.46. The maximum absolute atomic E-state index is 14.0. The van der Waals surface area contributed by atoms with E-state index in [1.807, 2.05) is 0 Å². The number of alkyl halides is 3. The minimum absolute atomic E-state index is 0.0511. The first-order valence-electron chi connectivity index (χ1n) is 11.3. The van der Waals surface area contributed by atoms with Gasteiger partial charge in [0.2, 0.25) is 5.91 Å². The van der Waals surface area contributed by atoms with E-state index in [2.05, 4.69) is 9.97 Å². The molecule has 1 unspecified atom stereocenters. The quantitative estimate of drug-likeness (QED) is 0.494. The van der Waals surface area contributed by atoms with E-state index in [9.17, 15) is 32.3 Å². The number of carbonyl (C=O) groups is 2. The predicted molar refractivity (Wildman–Crippen MR) is 125 cm³/mol. The second-order valence-corrected chi connectivity index (χ2v) is 9.20. The molecule has 3 aromatic heterocycles. The Morgan fingerprint density at radius 3 is 2.46 bits per heavy atom. The van der Waals surface area contributed by atoms with Crippen molar-refractivity contribution >= 4 is 22.7 Å². The Bertz CT molecular complexity index is 1290. The number of nitrogens with two attached hydrogens (primary N) is 1. The lowest BCUT2D eigenvalue weighted by Crippen LogP contribution is -2.32. The number of aromatic nitrogens is 3. The third kappa shape index (κ3) is 7.23. The number of fused-ring (bicyclic) bond motifs is 1. The predicted octanol–water partition coefficient (Wildman–Crippen LogP) is 3.07. The Morgan fingerprint density at radius 1 is 1.22 bits per heavy atom. The van der Waals surface area contributed by atoms with Crippen LogP contribution in [0.3, 0.4) is 0 Å². The lowest BCUT2D eigenvalue weighted by atomic mass is 10.1. The van der Waals surface area contributed by atoms with E-state index in [1.165, 1.54) is 23.0 Å². The van der Waals surface area contributed by atoms with Crippen molar-refractivity contribution in [2.24, 2.45) is 5.73 Å². The van der Waals surface area contributed by atoms with E-state index in [1.54, 1.807) is 31.7 Å². The van der Waals surface area contributed by atoms with Gasteiger partial charge in [-0.3, -0.25) is 19.1 Å². The molecule has 37 heavy (non-hydrogen) atoms. The molecule has 0 spiro atoms. The van der Waals surface area contributed by atoms with Crippen molar-refractivity contribution in [3.05, 3.63) is 53.9 Å². The lowest BCUT2D eigenvalue weighted by molar-refractivity contribution is -0.138. The Morgan fingerprint density at radius 2 is 1.92 bits per heavy atom. The van der Waals surface area contributed by atoms with Gasteiger partial charge in [0, 0.05) is 44.0 Å². The first-order chi connectivity index (χ1) is 17.2. The monoisotopic (exact) mass is 525 g/mol. The van der Waals surface area contributed by atoms with Gasteiger partial charge in [0.15, 0.2) is 11.6 Å². The van der Waals surface area contributed by atoms with E-state index in [-0.39, 0.29) is 23.5 Å². The molecule has 0 aromatic carbocycles. The molecule has 1 atom stereocenters. The molecule has 200 valence electrons. The number of amides is 2.